The molecule has 0 fully saturated rings. The van der Waals surface area contributed by atoms with Gasteiger partial charge in [-0.1, -0.05) is 12.1 Å². The Hall–Kier alpha value is -2.48. The summed E-state index contributed by atoms with van der Waals surface area (Å²) < 4.78 is 25.6. The molecule has 1 N–H and O–H groups in total. The Morgan fingerprint density at radius 2 is 1.95 bits per heavy atom. The highest BCUT2D eigenvalue weighted by Gasteiger charge is 2.40. The highest BCUT2D eigenvalue weighted by Crippen LogP contribution is 2.30. The van der Waals surface area contributed by atoms with Gasteiger partial charge in [0.25, 0.3) is 15.9 Å². The number of hydrogen-bond donors (Lipinski definition) is 1. The lowest BCUT2D eigenvalue weighted by Crippen LogP contribution is -2.29. The number of benzene rings is 1. The van der Waals surface area contributed by atoms with Crippen molar-refractivity contribution in [2.24, 2.45) is 0 Å². The topological polar surface area (TPSA) is 92.3 Å². The zero-order chi connectivity index (χ0) is 15.0. The van der Waals surface area contributed by atoms with Crippen molar-refractivity contribution in [2.45, 2.75) is 11.4 Å². The molecule has 0 saturated heterocycles. The van der Waals surface area contributed by atoms with Crippen molar-refractivity contribution in [1.82, 2.24) is 14.3 Å². The lowest BCUT2D eigenvalue weighted by molar-refractivity contribution is 0.0864. The summed E-state index contributed by atoms with van der Waals surface area (Å²) in [5.41, 5.74) is 0.594. The molecular formula is C13H12N4O3S. The van der Waals surface area contributed by atoms with Crippen LogP contribution in [0.4, 0.5) is 5.82 Å². The van der Waals surface area contributed by atoms with Crippen LogP contribution in [0.5, 0.6) is 0 Å². The second kappa shape index (κ2) is 4.81. The van der Waals surface area contributed by atoms with Crippen LogP contribution >= 0.6 is 0 Å². The minimum atomic E-state index is -3.81. The molecule has 0 saturated carbocycles. The molecule has 3 rings (SSSR count). The van der Waals surface area contributed by atoms with E-state index < -0.39 is 15.9 Å². The van der Waals surface area contributed by atoms with E-state index in [0.717, 1.165) is 4.31 Å². The fraction of sp³-hybridized carbons (Fsp3) is 0.154. The van der Waals surface area contributed by atoms with Crippen molar-refractivity contribution < 1.29 is 13.2 Å². The van der Waals surface area contributed by atoms with Crippen LogP contribution in [-0.2, 0) is 16.6 Å². The summed E-state index contributed by atoms with van der Waals surface area (Å²) >= 11 is 0. The van der Waals surface area contributed by atoms with Gasteiger partial charge in [0.15, 0.2) is 0 Å². The quantitative estimate of drug-likeness (QED) is 0.904. The van der Waals surface area contributed by atoms with Crippen molar-refractivity contribution in [2.75, 3.05) is 12.4 Å². The number of aromatic nitrogens is 2. The molecule has 8 heteroatoms. The van der Waals surface area contributed by atoms with Gasteiger partial charge >= 0.3 is 0 Å². The van der Waals surface area contributed by atoms with Crippen molar-refractivity contribution in [3.8, 4) is 0 Å². The van der Waals surface area contributed by atoms with Crippen molar-refractivity contribution in [3.05, 3.63) is 47.9 Å². The van der Waals surface area contributed by atoms with Gasteiger partial charge in [-0.2, -0.15) is 0 Å². The first kappa shape index (κ1) is 13.5. The number of rotatable bonds is 3. The van der Waals surface area contributed by atoms with E-state index in [-0.39, 0.29) is 17.0 Å². The number of amides is 1. The SMILES string of the molecule is CNc1cnc(CN2C(=O)c3ccccc3S2(=O)=O)cn1. The summed E-state index contributed by atoms with van der Waals surface area (Å²) in [7, 11) is -2.11. The molecular weight excluding hydrogens is 292 g/mol. The molecule has 0 atom stereocenters. The van der Waals surface area contributed by atoms with Crippen molar-refractivity contribution >= 4 is 21.7 Å². The largest absolute Gasteiger partial charge is 0.372 e. The summed E-state index contributed by atoms with van der Waals surface area (Å²) in [4.78, 5) is 20.4. The van der Waals surface area contributed by atoms with E-state index in [2.05, 4.69) is 15.3 Å². The number of fused-ring (bicyclic) bond motifs is 1. The van der Waals surface area contributed by atoms with Gasteiger partial charge in [0.1, 0.15) is 10.7 Å². The fourth-order valence-electron chi connectivity index (χ4n) is 2.10. The second-order valence-corrected chi connectivity index (χ2v) is 6.29. The lowest BCUT2D eigenvalue weighted by atomic mass is 10.2. The Labute approximate surface area is 121 Å². The van der Waals surface area contributed by atoms with Crippen LogP contribution in [0.2, 0.25) is 0 Å². The summed E-state index contributed by atoms with van der Waals surface area (Å²) in [6, 6.07) is 6.16. The van der Waals surface area contributed by atoms with E-state index in [0.29, 0.717) is 11.5 Å². The minimum absolute atomic E-state index is 0.0369. The van der Waals surface area contributed by atoms with Crippen LogP contribution in [0.25, 0.3) is 0 Å². The molecule has 0 radical (unpaired) electrons. The highest BCUT2D eigenvalue weighted by molar-refractivity contribution is 7.90. The third-order valence-corrected chi connectivity index (χ3v) is 4.97. The Balaban J connectivity index is 1.95. The van der Waals surface area contributed by atoms with Crippen LogP contribution in [0, 0.1) is 0 Å². The number of sulfonamides is 1. The van der Waals surface area contributed by atoms with Crippen LogP contribution in [0.15, 0.2) is 41.6 Å². The average Bonchev–Trinajstić information content (AvgIpc) is 2.70. The van der Waals surface area contributed by atoms with Crippen molar-refractivity contribution in [1.29, 1.82) is 0 Å². The molecule has 21 heavy (non-hydrogen) atoms. The maximum atomic E-state index is 12.4. The van der Waals surface area contributed by atoms with Crippen LogP contribution in [0.1, 0.15) is 16.1 Å². The maximum Gasteiger partial charge on any atom is 0.269 e. The summed E-state index contributed by atoms with van der Waals surface area (Å²) in [6.07, 6.45) is 2.92. The maximum absolute atomic E-state index is 12.4. The molecule has 1 aromatic heterocycles. The van der Waals surface area contributed by atoms with E-state index in [1.807, 2.05) is 0 Å². The van der Waals surface area contributed by atoms with E-state index >= 15 is 0 Å². The van der Waals surface area contributed by atoms with Crippen LogP contribution in [0.3, 0.4) is 0 Å². The van der Waals surface area contributed by atoms with Gasteiger partial charge in [0.2, 0.25) is 0 Å². The molecule has 1 amide bonds. The van der Waals surface area contributed by atoms with E-state index in [1.165, 1.54) is 24.5 Å². The molecule has 0 bridgehead atoms. The first-order valence-corrected chi connectivity index (χ1v) is 7.63. The Kier molecular flexibility index (Phi) is 3.09. The second-order valence-electron chi connectivity index (χ2n) is 4.46. The number of nitrogens with one attached hydrogen (secondary N) is 1. The predicted molar refractivity (Wildman–Crippen MR) is 75.1 cm³/mol. The number of hydrogen-bond acceptors (Lipinski definition) is 6. The first-order chi connectivity index (χ1) is 10.0. The third kappa shape index (κ3) is 2.13. The smallest absolute Gasteiger partial charge is 0.269 e. The van der Waals surface area contributed by atoms with Crippen LogP contribution < -0.4 is 5.32 Å². The van der Waals surface area contributed by atoms with Gasteiger partial charge in [0, 0.05) is 7.05 Å². The van der Waals surface area contributed by atoms with Gasteiger partial charge in [-0.15, -0.1) is 0 Å². The number of carbonyl (C=O) groups is 1. The van der Waals surface area contributed by atoms with Gasteiger partial charge in [0.05, 0.1) is 30.2 Å². The third-order valence-electron chi connectivity index (χ3n) is 3.18. The lowest BCUT2D eigenvalue weighted by Gasteiger charge is -2.14. The zero-order valence-electron chi connectivity index (χ0n) is 11.1. The molecule has 108 valence electrons. The van der Waals surface area contributed by atoms with Gasteiger partial charge in [-0.25, -0.2) is 17.7 Å². The Morgan fingerprint density at radius 3 is 2.57 bits per heavy atom. The molecule has 0 spiro atoms. The molecule has 1 aromatic carbocycles. The molecule has 1 aliphatic heterocycles. The Morgan fingerprint density at radius 1 is 1.19 bits per heavy atom. The van der Waals surface area contributed by atoms with E-state index in [1.54, 1.807) is 19.2 Å². The first-order valence-electron chi connectivity index (χ1n) is 6.19. The van der Waals surface area contributed by atoms with Gasteiger partial charge in [-0.05, 0) is 12.1 Å². The molecule has 2 heterocycles. The molecule has 0 aliphatic carbocycles. The number of anilines is 1. The number of nitrogens with zero attached hydrogens (tertiary/aromatic N) is 3. The normalized spacial score (nSPS) is 15.9. The average molecular weight is 304 g/mol. The van der Waals surface area contributed by atoms with E-state index in [9.17, 15) is 13.2 Å². The standard InChI is InChI=1S/C13H12N4O3S/c1-14-12-7-15-9(6-16-12)8-17-13(18)10-4-2-3-5-11(10)21(17,19)20/h2-7H,8H2,1H3,(H,14,16). The molecule has 0 unspecified atom stereocenters. The molecule has 1 aliphatic rings. The zero-order valence-corrected chi connectivity index (χ0v) is 12.0. The number of carbonyl (C=O) groups excluding carboxylic acids is 1. The summed E-state index contributed by atoms with van der Waals surface area (Å²) in [6.45, 7) is -0.132. The van der Waals surface area contributed by atoms with Gasteiger partial charge < -0.3 is 5.32 Å². The Bertz CT molecular complexity index is 802. The molecule has 7 nitrogen and oxygen atoms in total. The van der Waals surface area contributed by atoms with Gasteiger partial charge in [-0.3, -0.25) is 9.78 Å². The van der Waals surface area contributed by atoms with Crippen LogP contribution in [-0.4, -0.2) is 35.6 Å². The predicted octanol–water partition coefficient (Wildman–Crippen LogP) is 0.863. The monoisotopic (exact) mass is 304 g/mol. The highest BCUT2D eigenvalue weighted by atomic mass is 32.2. The fourth-order valence-corrected chi connectivity index (χ4v) is 3.64. The summed E-state index contributed by atoms with van der Waals surface area (Å²) in [5, 5.41) is 2.81. The van der Waals surface area contributed by atoms with E-state index in [4.69, 9.17) is 0 Å². The summed E-state index contributed by atoms with van der Waals surface area (Å²) in [5.74, 6) is 0.0303. The molecule has 2 aromatic rings. The minimum Gasteiger partial charge on any atom is -0.372 e. The van der Waals surface area contributed by atoms with Crippen molar-refractivity contribution in [3.63, 3.8) is 0 Å².